The second-order valence-corrected chi connectivity index (χ2v) is 0.371. The van der Waals surface area contributed by atoms with Gasteiger partial charge in [-0.2, -0.15) is 0 Å². The molecule has 0 aromatic rings. The molecule has 0 radical (unpaired) electrons. The van der Waals surface area contributed by atoms with E-state index in [1.165, 1.54) is 6.08 Å². The van der Waals surface area contributed by atoms with Gasteiger partial charge in [0.1, 0.15) is 0 Å². The summed E-state index contributed by atoms with van der Waals surface area (Å²) in [5.74, 6) is 2.19. The number of hydrogen-bond donors (Lipinski definition) is 0. The predicted octanol–water partition coefficient (Wildman–Crippen LogP) is -5.57. The van der Waals surface area contributed by atoms with E-state index >= 15 is 0 Å². The van der Waals surface area contributed by atoms with E-state index in [2.05, 4.69) is 18.9 Å². The van der Waals surface area contributed by atoms with E-state index in [9.17, 15) is 0 Å². The summed E-state index contributed by atoms with van der Waals surface area (Å²) < 4.78 is 0. The molecule has 0 saturated heterocycles. The first-order chi connectivity index (χ1) is 1.91. The third-order valence-electron chi connectivity index (χ3n) is 0.118. The molecule has 0 atom stereocenters. The summed E-state index contributed by atoms with van der Waals surface area (Å²) in [5.41, 5.74) is 0. The molecule has 0 amide bonds. The normalized spacial score (nSPS) is 2.14. The number of hydrogen-bond acceptors (Lipinski definition) is 0. The van der Waals surface area contributed by atoms with Crippen LogP contribution in [0.2, 0.25) is 0 Å². The van der Waals surface area contributed by atoms with Crippen molar-refractivity contribution in [3.63, 3.8) is 0 Å². The van der Waals surface area contributed by atoms with Crippen molar-refractivity contribution in [1.82, 2.24) is 0 Å². The minimum absolute atomic E-state index is 0. The maximum atomic E-state index is 4.66. The van der Waals surface area contributed by atoms with Crippen molar-refractivity contribution in [3.05, 3.63) is 12.7 Å². The monoisotopic (exact) mass is 234 g/mol. The van der Waals surface area contributed by atoms with Crippen LogP contribution in [-0.4, -0.2) is 23.1 Å². The van der Waals surface area contributed by atoms with Crippen LogP contribution < -0.4 is 34.0 Å². The van der Waals surface area contributed by atoms with Crippen molar-refractivity contribution in [2.45, 2.75) is 0 Å². The zero-order valence-corrected chi connectivity index (χ0v) is 8.41. The molecule has 0 fully saturated rings. The van der Waals surface area contributed by atoms with Crippen LogP contribution in [0.4, 0.5) is 0 Å². The van der Waals surface area contributed by atoms with Crippen LogP contribution in [0.15, 0.2) is 12.7 Å². The number of halogens is 2. The summed E-state index contributed by atoms with van der Waals surface area (Å²) in [5, 5.41) is 0. The molecule has 0 aromatic heterocycles. The van der Waals surface area contributed by atoms with Crippen molar-refractivity contribution in [2.75, 3.05) is 0 Å². The van der Waals surface area contributed by atoms with Gasteiger partial charge in [-0.3, -0.25) is 0 Å². The molecule has 0 spiro atoms. The Hall–Kier alpha value is 1.03. The van der Waals surface area contributed by atoms with Crippen LogP contribution >= 0.6 is 0 Å². The Bertz CT molecular complexity index is 55.2. The Kier molecular flexibility index (Phi) is 97.3. The number of rotatable bonds is 0. The van der Waals surface area contributed by atoms with Gasteiger partial charge < -0.3 is 34.0 Å². The van der Waals surface area contributed by atoms with E-state index in [4.69, 9.17) is 0 Å². The summed E-state index contributed by atoms with van der Waals surface area (Å²) in [6.07, 6.45) is 6.06. The zero-order chi connectivity index (χ0) is 3.41. The second-order valence-electron chi connectivity index (χ2n) is 0.371. The van der Waals surface area contributed by atoms with Crippen molar-refractivity contribution in [2.24, 2.45) is 0 Å². The van der Waals surface area contributed by atoms with Gasteiger partial charge in [-0.1, -0.05) is 12.5 Å². The summed E-state index contributed by atoms with van der Waals surface area (Å²) in [6.45, 7) is 3.24. The van der Waals surface area contributed by atoms with Crippen LogP contribution in [-0.2, 0) is 0 Å². The van der Waals surface area contributed by atoms with Crippen LogP contribution in [0, 0.1) is 12.3 Å². The molecule has 36 valence electrons. The van der Waals surface area contributed by atoms with Gasteiger partial charge in [0.05, 0.1) is 0 Å². The molecule has 0 aliphatic heterocycles. The topological polar surface area (TPSA) is 0 Å². The molecule has 0 aliphatic carbocycles. The smallest absolute Gasteiger partial charge is 1.00 e. The van der Waals surface area contributed by atoms with Crippen molar-refractivity contribution < 1.29 is 34.0 Å². The first-order valence-electron chi connectivity index (χ1n) is 0.986. The van der Waals surface area contributed by atoms with Crippen LogP contribution in [0.25, 0.3) is 0 Å². The van der Waals surface area contributed by atoms with Gasteiger partial charge in [0.15, 0.2) is 0 Å². The first-order valence-corrected chi connectivity index (χ1v) is 0.986. The van der Waals surface area contributed by atoms with E-state index in [0.717, 1.165) is 0 Å². The van der Waals surface area contributed by atoms with Crippen LogP contribution in [0.5, 0.6) is 0 Å². The SMILES string of the molecule is C#CC=C.[Br-].[Br-].[Mg+2]. The van der Waals surface area contributed by atoms with E-state index in [1.54, 1.807) is 0 Å². The fraction of sp³-hybridized carbons (Fsp3) is 0. The predicted molar refractivity (Wildman–Crippen MR) is 24.8 cm³/mol. The van der Waals surface area contributed by atoms with Gasteiger partial charge in [0, 0.05) is 0 Å². The maximum absolute atomic E-state index is 4.66. The van der Waals surface area contributed by atoms with Gasteiger partial charge in [-0.25, -0.2) is 0 Å². The molecule has 0 heterocycles. The molecular weight excluding hydrogens is 232 g/mol. The summed E-state index contributed by atoms with van der Waals surface area (Å²) >= 11 is 0. The molecule has 0 nitrogen and oxygen atoms in total. The minimum Gasteiger partial charge on any atom is -1.00 e. The van der Waals surface area contributed by atoms with Gasteiger partial charge in [-0.05, 0) is 6.08 Å². The molecule has 0 bridgehead atoms. The molecule has 0 unspecified atom stereocenters. The second kappa shape index (κ2) is 27.9. The third-order valence-corrected chi connectivity index (χ3v) is 0.118. The van der Waals surface area contributed by atoms with Crippen molar-refractivity contribution in [3.8, 4) is 12.3 Å². The van der Waals surface area contributed by atoms with E-state index < -0.39 is 0 Å². The molecule has 7 heavy (non-hydrogen) atoms. The molecule has 0 saturated carbocycles. The van der Waals surface area contributed by atoms with Gasteiger partial charge in [0.2, 0.25) is 0 Å². The average Bonchev–Trinajstić information content (AvgIpc) is 1.37. The largest absolute Gasteiger partial charge is 2.00 e. The Morgan fingerprint density at radius 3 is 1.57 bits per heavy atom. The van der Waals surface area contributed by atoms with Crippen molar-refractivity contribution >= 4 is 23.1 Å². The van der Waals surface area contributed by atoms with Crippen molar-refractivity contribution in [1.29, 1.82) is 0 Å². The quantitative estimate of drug-likeness (QED) is 0.291. The van der Waals surface area contributed by atoms with Gasteiger partial charge >= 0.3 is 23.1 Å². The Morgan fingerprint density at radius 1 is 1.43 bits per heavy atom. The summed E-state index contributed by atoms with van der Waals surface area (Å²) in [7, 11) is 0. The van der Waals surface area contributed by atoms with Gasteiger partial charge in [0.25, 0.3) is 0 Å². The summed E-state index contributed by atoms with van der Waals surface area (Å²) in [6, 6.07) is 0. The summed E-state index contributed by atoms with van der Waals surface area (Å²) in [4.78, 5) is 0. The first kappa shape index (κ1) is 24.4. The van der Waals surface area contributed by atoms with E-state index in [0.29, 0.717) is 0 Å². The van der Waals surface area contributed by atoms with E-state index in [1.807, 2.05) is 0 Å². The number of allylic oxidation sites excluding steroid dienone is 1. The zero-order valence-electron chi connectivity index (χ0n) is 3.82. The molecule has 0 aromatic carbocycles. The molecular formula is C4H4Br2Mg. The number of terminal acetylenes is 1. The fourth-order valence-electron chi connectivity index (χ4n) is 0. The average molecular weight is 236 g/mol. The minimum atomic E-state index is 0. The van der Waals surface area contributed by atoms with E-state index in [-0.39, 0.29) is 57.0 Å². The van der Waals surface area contributed by atoms with Gasteiger partial charge in [-0.15, -0.1) is 6.42 Å². The fourth-order valence-corrected chi connectivity index (χ4v) is 0. The van der Waals surface area contributed by atoms with Crippen LogP contribution in [0.1, 0.15) is 0 Å². The standard InChI is InChI=1S/C4H4.2BrH.Mg/c1-3-4-2;;;/h1,4H,2H2;2*1H;/q;;;+2/p-2. The van der Waals surface area contributed by atoms with Crippen LogP contribution in [0.3, 0.4) is 0 Å². The molecule has 0 N–H and O–H groups in total. The molecule has 3 heteroatoms. The Morgan fingerprint density at radius 2 is 1.57 bits per heavy atom. The Labute approximate surface area is 81.4 Å². The third kappa shape index (κ3) is 43.2. The molecule has 0 rings (SSSR count). The molecule has 0 aliphatic rings. The maximum Gasteiger partial charge on any atom is 2.00 e. The Balaban J connectivity index is -0.0000000150.